The van der Waals surface area contributed by atoms with Crippen LogP contribution in [-0.2, 0) is 32.0 Å². The Bertz CT molecular complexity index is 186. The van der Waals surface area contributed by atoms with Gasteiger partial charge in [0.15, 0.2) is 0 Å². The monoisotopic (exact) mass is 329 g/mol. The third-order valence-electron chi connectivity index (χ3n) is 2.55. The van der Waals surface area contributed by atoms with Crippen molar-refractivity contribution < 1.29 is 37.1 Å². The van der Waals surface area contributed by atoms with Crippen LogP contribution >= 0.6 is 0 Å². The van der Waals surface area contributed by atoms with Crippen LogP contribution in [0.1, 0.15) is 26.7 Å². The van der Waals surface area contributed by atoms with Crippen LogP contribution in [-0.4, -0.2) is 49.5 Å². The number of rotatable bonds is 3. The first-order valence-corrected chi connectivity index (χ1v) is 5.53. The summed E-state index contributed by atoms with van der Waals surface area (Å²) in [5.41, 5.74) is 1.35. The van der Waals surface area contributed by atoms with Crippen molar-refractivity contribution in [1.29, 1.82) is 0 Å². The zero-order valence-electron chi connectivity index (χ0n) is 11.2. The van der Waals surface area contributed by atoms with Gasteiger partial charge in [0.05, 0.1) is 12.7 Å². The third-order valence-corrected chi connectivity index (χ3v) is 2.55. The SMILES string of the molecule is C=C1CCC(COC(C)C)N(C)C1.CO.[Cd]. The average Bonchev–Trinajstić information content (AvgIpc) is 2.19. The summed E-state index contributed by atoms with van der Waals surface area (Å²) in [5.74, 6) is 0. The molecule has 1 unspecified atom stereocenters. The van der Waals surface area contributed by atoms with Crippen LogP contribution in [0, 0.1) is 0 Å². The molecule has 1 heterocycles. The Morgan fingerprint density at radius 2 is 2.06 bits per heavy atom. The van der Waals surface area contributed by atoms with Crippen molar-refractivity contribution >= 4 is 0 Å². The number of piperidine rings is 1. The quantitative estimate of drug-likeness (QED) is 0.632. The summed E-state index contributed by atoms with van der Waals surface area (Å²) in [6.07, 6.45) is 2.71. The van der Waals surface area contributed by atoms with Crippen molar-refractivity contribution in [1.82, 2.24) is 4.90 Å². The molecule has 1 saturated heterocycles. The molecule has 0 saturated carbocycles. The number of likely N-dealkylation sites (N-methyl/N-ethyl adjacent to an activating group) is 1. The molecule has 1 atom stereocenters. The van der Waals surface area contributed by atoms with Gasteiger partial charge in [-0.05, 0) is 33.7 Å². The van der Waals surface area contributed by atoms with Crippen LogP contribution in [0.4, 0.5) is 0 Å². The smallest absolute Gasteiger partial charge is 0.0625 e. The summed E-state index contributed by atoms with van der Waals surface area (Å²) >= 11 is 0. The van der Waals surface area contributed by atoms with E-state index < -0.39 is 0 Å². The summed E-state index contributed by atoms with van der Waals surface area (Å²) < 4.78 is 5.62. The zero-order valence-corrected chi connectivity index (χ0v) is 15.2. The summed E-state index contributed by atoms with van der Waals surface area (Å²) in [5, 5.41) is 7.00. The molecule has 0 spiro atoms. The van der Waals surface area contributed by atoms with Gasteiger partial charge < -0.3 is 9.84 Å². The molecule has 1 fully saturated rings. The molecule has 3 nitrogen and oxygen atoms in total. The number of aliphatic hydroxyl groups excluding tert-OH is 1. The number of likely N-dealkylation sites (tertiary alicyclic amines) is 1. The molecular weight excluding hydrogens is 303 g/mol. The van der Waals surface area contributed by atoms with Gasteiger partial charge in [0.25, 0.3) is 0 Å². The zero-order chi connectivity index (χ0) is 11.8. The molecular formula is C12H25CdNO2. The van der Waals surface area contributed by atoms with Crippen molar-refractivity contribution in [3.05, 3.63) is 12.2 Å². The minimum absolute atomic E-state index is 0. The van der Waals surface area contributed by atoms with Gasteiger partial charge in [0.1, 0.15) is 0 Å². The molecule has 92 valence electrons. The number of ether oxygens (including phenoxy) is 1. The van der Waals surface area contributed by atoms with E-state index in [0.29, 0.717) is 12.1 Å². The molecule has 0 aromatic carbocycles. The molecule has 0 amide bonds. The van der Waals surface area contributed by atoms with Gasteiger partial charge in [-0.25, -0.2) is 0 Å². The van der Waals surface area contributed by atoms with Crippen LogP contribution in [0.2, 0.25) is 0 Å². The second-order valence-electron chi connectivity index (χ2n) is 4.24. The van der Waals surface area contributed by atoms with Crippen molar-refractivity contribution in [3.63, 3.8) is 0 Å². The molecule has 0 radical (unpaired) electrons. The van der Waals surface area contributed by atoms with E-state index in [2.05, 4.69) is 32.4 Å². The first kappa shape index (κ1) is 18.9. The van der Waals surface area contributed by atoms with Gasteiger partial charge >= 0.3 is 0 Å². The first-order chi connectivity index (χ1) is 7.09. The molecule has 1 aliphatic rings. The molecule has 0 bridgehead atoms. The van der Waals surface area contributed by atoms with E-state index in [0.717, 1.165) is 26.7 Å². The van der Waals surface area contributed by atoms with E-state index in [-0.39, 0.29) is 27.3 Å². The molecule has 0 aromatic rings. The van der Waals surface area contributed by atoms with Crippen LogP contribution < -0.4 is 0 Å². The van der Waals surface area contributed by atoms with Crippen LogP contribution in [0.15, 0.2) is 12.2 Å². The Hall–Kier alpha value is 0.542. The largest absolute Gasteiger partial charge is 0.400 e. The Kier molecular flexibility index (Phi) is 12.6. The molecule has 16 heavy (non-hydrogen) atoms. The van der Waals surface area contributed by atoms with E-state index >= 15 is 0 Å². The van der Waals surface area contributed by atoms with Crippen molar-refractivity contribution in [2.45, 2.75) is 38.8 Å². The van der Waals surface area contributed by atoms with Gasteiger partial charge in [-0.2, -0.15) is 0 Å². The van der Waals surface area contributed by atoms with Crippen molar-refractivity contribution in [3.8, 4) is 0 Å². The fourth-order valence-corrected chi connectivity index (χ4v) is 1.67. The maximum atomic E-state index is 7.00. The number of aliphatic hydroxyl groups is 1. The maximum absolute atomic E-state index is 7.00. The molecule has 1 aliphatic heterocycles. The standard InChI is InChI=1S/C11H21NO.CH4O.Cd/c1-9(2)13-8-11-6-5-10(3)7-12(11)4;1-2;/h9,11H,3,5-8H2,1-2,4H3;2H,1H3;. The van der Waals surface area contributed by atoms with E-state index in [1.54, 1.807) is 0 Å². The van der Waals surface area contributed by atoms with E-state index in [9.17, 15) is 0 Å². The average molecular weight is 328 g/mol. The van der Waals surface area contributed by atoms with Crippen molar-refractivity contribution in [2.75, 3.05) is 27.3 Å². The van der Waals surface area contributed by atoms with Crippen molar-refractivity contribution in [2.24, 2.45) is 0 Å². The predicted octanol–water partition coefficient (Wildman–Crippen LogP) is 1.67. The second-order valence-corrected chi connectivity index (χ2v) is 4.24. The topological polar surface area (TPSA) is 32.7 Å². The van der Waals surface area contributed by atoms with Gasteiger partial charge in [-0.3, -0.25) is 4.90 Å². The van der Waals surface area contributed by atoms with Gasteiger partial charge in [-0.1, -0.05) is 12.2 Å². The third kappa shape index (κ3) is 7.76. The molecule has 4 heteroatoms. The second kappa shape index (κ2) is 10.7. The Morgan fingerprint density at radius 1 is 1.50 bits per heavy atom. The summed E-state index contributed by atoms with van der Waals surface area (Å²) in [4.78, 5) is 2.34. The molecule has 0 aliphatic carbocycles. The van der Waals surface area contributed by atoms with Crippen LogP contribution in [0.3, 0.4) is 0 Å². The van der Waals surface area contributed by atoms with Gasteiger partial charge in [-0.15, -0.1) is 0 Å². The number of hydrogen-bond acceptors (Lipinski definition) is 3. The normalized spacial score (nSPS) is 21.1. The minimum atomic E-state index is 0. The van der Waals surface area contributed by atoms with Crippen LogP contribution in [0.5, 0.6) is 0 Å². The van der Waals surface area contributed by atoms with Gasteiger partial charge in [0.2, 0.25) is 0 Å². The number of nitrogens with zero attached hydrogens (tertiary/aromatic N) is 1. The van der Waals surface area contributed by atoms with Gasteiger partial charge in [0, 0.05) is 47.0 Å². The fourth-order valence-electron chi connectivity index (χ4n) is 1.67. The maximum Gasteiger partial charge on any atom is 0.0625 e. The number of hydrogen-bond donors (Lipinski definition) is 1. The molecule has 1 rings (SSSR count). The van der Waals surface area contributed by atoms with E-state index in [1.165, 1.54) is 12.0 Å². The summed E-state index contributed by atoms with van der Waals surface area (Å²) in [7, 11) is 3.15. The first-order valence-electron chi connectivity index (χ1n) is 5.53. The molecule has 0 aromatic heterocycles. The Morgan fingerprint density at radius 3 is 2.50 bits per heavy atom. The molecule has 1 N–H and O–H groups in total. The van der Waals surface area contributed by atoms with E-state index in [1.807, 2.05) is 0 Å². The van der Waals surface area contributed by atoms with E-state index in [4.69, 9.17) is 9.84 Å². The fraction of sp³-hybridized carbons (Fsp3) is 0.833. The Labute approximate surface area is 120 Å². The Balaban J connectivity index is 0. The summed E-state index contributed by atoms with van der Waals surface area (Å²) in [6.45, 7) is 10.1. The predicted molar refractivity (Wildman–Crippen MR) is 64.0 cm³/mol. The van der Waals surface area contributed by atoms with Crippen LogP contribution in [0.25, 0.3) is 0 Å². The minimum Gasteiger partial charge on any atom is -0.400 e. The summed E-state index contributed by atoms with van der Waals surface area (Å²) in [6, 6.07) is 0.591.